The number of alkyl halides is 6. The lowest BCUT2D eigenvalue weighted by Gasteiger charge is -2.40. The molecule has 0 saturated heterocycles. The fourth-order valence-electron chi connectivity index (χ4n) is 2.49. The molecule has 0 spiro atoms. The summed E-state index contributed by atoms with van der Waals surface area (Å²) in [5, 5.41) is 8.93. The zero-order valence-electron chi connectivity index (χ0n) is 13.8. The largest absolute Gasteiger partial charge is 0.480 e. The lowest BCUT2D eigenvalue weighted by atomic mass is 9.75. The number of nitrogen functional groups attached to an aromatic ring is 1. The molecule has 1 aromatic rings. The maximum absolute atomic E-state index is 13.4. The molecule has 27 heavy (non-hydrogen) atoms. The zero-order valence-corrected chi connectivity index (χ0v) is 15.9. The summed E-state index contributed by atoms with van der Waals surface area (Å²) >= 11 is 1.72. The number of nitrogens with two attached hydrogens (primary N) is 1. The fraction of sp³-hybridized carbons (Fsp3) is 0.467. The van der Waals surface area contributed by atoms with Gasteiger partial charge in [0, 0.05) is 9.26 Å². The summed E-state index contributed by atoms with van der Waals surface area (Å²) in [7, 11) is 0. The highest BCUT2D eigenvalue weighted by atomic mass is 127. The van der Waals surface area contributed by atoms with Gasteiger partial charge in [0.1, 0.15) is 6.10 Å². The standard InChI is InChI=1S/C15H14F6INO4/c1-6(2)10(13(12(25)26,14(16,17)18)15(19,20)21)27-11(24)7-3-8(22)5-9(23)4-7/h3-6,10H,23H2,1-2H3,(H,25,26). The number of carboxylic acid groups (broad SMARTS) is 1. The van der Waals surface area contributed by atoms with E-state index in [1.807, 2.05) is 0 Å². The minimum absolute atomic E-state index is 0.0195. The average molecular weight is 513 g/mol. The van der Waals surface area contributed by atoms with Crippen molar-refractivity contribution in [2.24, 2.45) is 11.3 Å². The molecule has 3 N–H and O–H groups in total. The Morgan fingerprint density at radius 1 is 1.07 bits per heavy atom. The molecule has 152 valence electrons. The number of rotatable bonds is 5. The van der Waals surface area contributed by atoms with Gasteiger partial charge in [-0.15, -0.1) is 0 Å². The van der Waals surface area contributed by atoms with Crippen LogP contribution in [0.5, 0.6) is 0 Å². The highest BCUT2D eigenvalue weighted by molar-refractivity contribution is 14.1. The Balaban J connectivity index is 3.55. The maximum Gasteiger partial charge on any atom is 0.417 e. The van der Waals surface area contributed by atoms with E-state index in [0.29, 0.717) is 3.57 Å². The first-order chi connectivity index (χ1) is 12.1. The molecule has 1 unspecified atom stereocenters. The molecule has 1 aromatic carbocycles. The van der Waals surface area contributed by atoms with E-state index in [-0.39, 0.29) is 5.69 Å². The molecule has 0 radical (unpaired) electrons. The van der Waals surface area contributed by atoms with Crippen molar-refractivity contribution in [2.75, 3.05) is 5.73 Å². The average Bonchev–Trinajstić information content (AvgIpc) is 2.41. The molecule has 5 nitrogen and oxygen atoms in total. The quantitative estimate of drug-likeness (QED) is 0.266. The molecule has 12 heteroatoms. The van der Waals surface area contributed by atoms with Crippen LogP contribution < -0.4 is 5.73 Å². The van der Waals surface area contributed by atoms with Crippen LogP contribution in [-0.4, -0.2) is 35.5 Å². The predicted molar refractivity (Wildman–Crippen MR) is 89.8 cm³/mol. The van der Waals surface area contributed by atoms with E-state index >= 15 is 0 Å². The topological polar surface area (TPSA) is 89.6 Å². The number of ether oxygens (including phenoxy) is 1. The number of carbonyl (C=O) groups is 2. The molecule has 0 aliphatic carbocycles. The Morgan fingerprint density at radius 3 is 1.89 bits per heavy atom. The number of halogens is 7. The Kier molecular flexibility index (Phi) is 6.66. The van der Waals surface area contributed by atoms with E-state index in [9.17, 15) is 35.9 Å². The summed E-state index contributed by atoms with van der Waals surface area (Å²) in [6.07, 6.45) is -15.6. The van der Waals surface area contributed by atoms with E-state index in [1.54, 1.807) is 22.6 Å². The summed E-state index contributed by atoms with van der Waals surface area (Å²) in [6.45, 7) is 1.77. The number of hydrogen-bond acceptors (Lipinski definition) is 4. The van der Waals surface area contributed by atoms with E-state index < -0.39 is 47.3 Å². The van der Waals surface area contributed by atoms with Gasteiger partial charge in [-0.1, -0.05) is 13.8 Å². The minimum atomic E-state index is -6.28. The van der Waals surface area contributed by atoms with Crippen LogP contribution in [0.15, 0.2) is 18.2 Å². The molecule has 0 saturated carbocycles. The van der Waals surface area contributed by atoms with Crippen molar-refractivity contribution in [3.63, 3.8) is 0 Å². The molecule has 0 aromatic heterocycles. The van der Waals surface area contributed by atoms with Crippen molar-refractivity contribution >= 4 is 40.2 Å². The second kappa shape index (κ2) is 7.72. The Hall–Kier alpha value is -1.73. The van der Waals surface area contributed by atoms with Crippen molar-refractivity contribution < 1.29 is 45.8 Å². The van der Waals surface area contributed by atoms with Crippen LogP contribution >= 0.6 is 22.6 Å². The maximum atomic E-state index is 13.4. The molecule has 0 aliphatic heterocycles. The number of aliphatic carboxylic acids is 1. The first-order valence-electron chi connectivity index (χ1n) is 7.19. The predicted octanol–water partition coefficient (Wildman–Crippen LogP) is 4.25. The first-order valence-corrected chi connectivity index (χ1v) is 8.27. The molecule has 0 aliphatic rings. The van der Waals surface area contributed by atoms with Gasteiger partial charge in [-0.25, -0.2) is 4.79 Å². The van der Waals surface area contributed by atoms with Gasteiger partial charge in [0.2, 0.25) is 0 Å². The van der Waals surface area contributed by atoms with Crippen molar-refractivity contribution in [3.05, 3.63) is 27.3 Å². The second-order valence-electron chi connectivity index (χ2n) is 5.95. The van der Waals surface area contributed by atoms with E-state index in [2.05, 4.69) is 4.74 Å². The van der Waals surface area contributed by atoms with Crippen LogP contribution in [0.1, 0.15) is 24.2 Å². The Bertz CT molecular complexity index is 698. The van der Waals surface area contributed by atoms with Crippen LogP contribution in [-0.2, 0) is 9.53 Å². The van der Waals surface area contributed by atoms with Gasteiger partial charge in [0.15, 0.2) is 0 Å². The Morgan fingerprint density at radius 2 is 1.56 bits per heavy atom. The van der Waals surface area contributed by atoms with Gasteiger partial charge in [0.05, 0.1) is 5.56 Å². The highest BCUT2D eigenvalue weighted by Crippen LogP contribution is 2.55. The fourth-order valence-corrected chi connectivity index (χ4v) is 3.18. The number of anilines is 1. The molecular formula is C15H14F6INO4. The van der Waals surface area contributed by atoms with Crippen LogP contribution in [0.4, 0.5) is 32.0 Å². The zero-order chi connectivity index (χ0) is 21.4. The second-order valence-corrected chi connectivity index (χ2v) is 7.20. The summed E-state index contributed by atoms with van der Waals surface area (Å²) in [5.74, 6) is -6.40. The Labute approximate surface area is 163 Å². The van der Waals surface area contributed by atoms with Crippen LogP contribution in [0, 0.1) is 14.9 Å². The lowest BCUT2D eigenvalue weighted by Crippen LogP contribution is -2.64. The summed E-state index contributed by atoms with van der Waals surface area (Å²) < 4.78 is 85.2. The summed E-state index contributed by atoms with van der Waals surface area (Å²) in [6, 6.07) is 3.51. The van der Waals surface area contributed by atoms with Crippen LogP contribution in [0.3, 0.4) is 0 Å². The van der Waals surface area contributed by atoms with Gasteiger partial charge in [0.25, 0.3) is 5.41 Å². The monoisotopic (exact) mass is 513 g/mol. The van der Waals surface area contributed by atoms with Gasteiger partial charge in [-0.2, -0.15) is 26.3 Å². The van der Waals surface area contributed by atoms with E-state index in [0.717, 1.165) is 26.0 Å². The molecule has 0 heterocycles. The van der Waals surface area contributed by atoms with Crippen molar-refractivity contribution in [1.82, 2.24) is 0 Å². The summed E-state index contributed by atoms with van der Waals surface area (Å²) in [5.41, 5.74) is -0.190. The highest BCUT2D eigenvalue weighted by Gasteiger charge is 2.81. The number of hydrogen-bond donors (Lipinski definition) is 2. The number of carbonyl (C=O) groups excluding carboxylic acids is 1. The normalized spacial score (nSPS) is 14.1. The van der Waals surface area contributed by atoms with E-state index in [4.69, 9.17) is 10.8 Å². The lowest BCUT2D eigenvalue weighted by molar-refractivity contribution is -0.356. The molecule has 1 atom stereocenters. The molecule has 1 rings (SSSR count). The number of esters is 1. The number of benzene rings is 1. The molecular weight excluding hydrogens is 499 g/mol. The molecule has 0 bridgehead atoms. The third-order valence-electron chi connectivity index (χ3n) is 3.65. The third-order valence-corrected chi connectivity index (χ3v) is 4.28. The van der Waals surface area contributed by atoms with Crippen molar-refractivity contribution in [3.8, 4) is 0 Å². The third kappa shape index (κ3) is 4.41. The van der Waals surface area contributed by atoms with Gasteiger partial charge >= 0.3 is 24.3 Å². The smallest absolute Gasteiger partial charge is 0.417 e. The molecule has 0 fully saturated rings. The van der Waals surface area contributed by atoms with Gasteiger partial charge in [-0.3, -0.25) is 4.79 Å². The number of carboxylic acids is 1. The first kappa shape index (κ1) is 23.3. The van der Waals surface area contributed by atoms with Crippen molar-refractivity contribution in [1.29, 1.82) is 0 Å². The van der Waals surface area contributed by atoms with Crippen LogP contribution in [0.25, 0.3) is 0 Å². The summed E-state index contributed by atoms with van der Waals surface area (Å²) in [4.78, 5) is 23.4. The SMILES string of the molecule is CC(C)C(OC(=O)c1cc(N)cc(I)c1)C(C(=O)O)(C(F)(F)F)C(F)(F)F. The van der Waals surface area contributed by atoms with E-state index in [1.165, 1.54) is 6.07 Å². The molecule has 0 amide bonds. The van der Waals surface area contributed by atoms with Crippen LogP contribution in [0.2, 0.25) is 0 Å². The van der Waals surface area contributed by atoms with Gasteiger partial charge < -0.3 is 15.6 Å². The van der Waals surface area contributed by atoms with Gasteiger partial charge in [-0.05, 0) is 46.7 Å². The van der Waals surface area contributed by atoms with Crippen molar-refractivity contribution in [2.45, 2.75) is 32.3 Å². The minimum Gasteiger partial charge on any atom is -0.480 e.